The molecule has 0 radical (unpaired) electrons. The number of fused-ring (bicyclic) bond motifs is 4. The number of hydrogen-bond acceptors (Lipinski definition) is 5. The number of piperidine rings is 1. The first-order valence-corrected chi connectivity index (χ1v) is 14.1. The number of aryl methyl sites for hydroxylation is 1. The van der Waals surface area contributed by atoms with Gasteiger partial charge in [-0.25, -0.2) is 14.4 Å². The van der Waals surface area contributed by atoms with E-state index in [9.17, 15) is 4.79 Å². The fraction of sp³-hybridized carbons (Fsp3) is 0.400. The molecule has 2 saturated carbocycles. The van der Waals surface area contributed by atoms with Gasteiger partial charge in [0.15, 0.2) is 5.82 Å². The van der Waals surface area contributed by atoms with Crippen molar-refractivity contribution in [1.29, 1.82) is 0 Å². The van der Waals surface area contributed by atoms with Gasteiger partial charge in [-0.3, -0.25) is 9.48 Å². The second kappa shape index (κ2) is 8.72. The maximum absolute atomic E-state index is 16.1. The lowest BCUT2D eigenvalue weighted by molar-refractivity contribution is 0.0700. The smallest absolute Gasteiger partial charge is 0.254 e. The number of benzene rings is 1. The van der Waals surface area contributed by atoms with Gasteiger partial charge in [-0.1, -0.05) is 0 Å². The molecule has 0 spiro atoms. The Balaban J connectivity index is 1.29. The Morgan fingerprint density at radius 3 is 2.75 bits per heavy atom. The Morgan fingerprint density at radius 2 is 2.02 bits per heavy atom. The van der Waals surface area contributed by atoms with Crippen LogP contribution in [-0.2, 0) is 20.1 Å². The Labute approximate surface area is 230 Å². The van der Waals surface area contributed by atoms with E-state index in [1.807, 2.05) is 35.0 Å². The molecule has 1 aliphatic heterocycles. The van der Waals surface area contributed by atoms with Crippen molar-refractivity contribution in [2.45, 2.75) is 50.9 Å². The Hall–Kier alpha value is -4.05. The van der Waals surface area contributed by atoms with Crippen LogP contribution in [0.25, 0.3) is 33.6 Å². The number of aromatic nitrogens is 6. The van der Waals surface area contributed by atoms with E-state index in [0.29, 0.717) is 47.3 Å². The second-order valence-corrected chi connectivity index (χ2v) is 11.8. The van der Waals surface area contributed by atoms with E-state index in [1.165, 1.54) is 18.9 Å². The van der Waals surface area contributed by atoms with Crippen LogP contribution in [-0.4, -0.2) is 58.3 Å². The average Bonchev–Trinajstić information content (AvgIpc) is 3.22. The molecule has 4 aromatic heterocycles. The lowest BCUT2D eigenvalue weighted by Crippen LogP contribution is -2.41. The summed E-state index contributed by atoms with van der Waals surface area (Å²) >= 11 is 0. The zero-order valence-electron chi connectivity index (χ0n) is 22.4. The Kier molecular flexibility index (Phi) is 5.19. The molecule has 1 saturated heterocycles. The highest BCUT2D eigenvalue weighted by Gasteiger charge is 2.47. The number of halogens is 1. The second-order valence-electron chi connectivity index (χ2n) is 11.8. The van der Waals surface area contributed by atoms with E-state index >= 15 is 4.39 Å². The normalized spacial score (nSPS) is 22.3. The molecule has 3 fully saturated rings. The predicted molar refractivity (Wildman–Crippen MR) is 149 cm³/mol. The molecule has 2 N–H and O–H groups in total. The molecule has 3 atom stereocenters. The van der Waals surface area contributed by atoms with Crippen molar-refractivity contribution in [2.24, 2.45) is 24.6 Å². The highest BCUT2D eigenvalue weighted by atomic mass is 19.1. The third-order valence-electron chi connectivity index (χ3n) is 9.08. The molecule has 2 bridgehead atoms. The van der Waals surface area contributed by atoms with Crippen LogP contribution in [0.1, 0.15) is 41.6 Å². The summed E-state index contributed by atoms with van der Waals surface area (Å²) in [5, 5.41) is 5.34. The van der Waals surface area contributed by atoms with Crippen LogP contribution in [0, 0.1) is 17.7 Å². The molecule has 10 heteroatoms. The van der Waals surface area contributed by atoms with Crippen LogP contribution in [0.3, 0.4) is 0 Å². The van der Waals surface area contributed by atoms with Crippen molar-refractivity contribution < 1.29 is 9.18 Å². The Bertz CT molecular complexity index is 1800. The fourth-order valence-electron chi connectivity index (χ4n) is 6.89. The van der Waals surface area contributed by atoms with Gasteiger partial charge >= 0.3 is 0 Å². The van der Waals surface area contributed by atoms with Crippen LogP contribution < -0.4 is 5.73 Å². The molecular weight excluding hydrogens is 507 g/mol. The van der Waals surface area contributed by atoms with Crippen LogP contribution in [0.5, 0.6) is 0 Å². The van der Waals surface area contributed by atoms with Gasteiger partial charge in [-0.15, -0.1) is 0 Å². The Morgan fingerprint density at radius 1 is 1.15 bits per heavy atom. The first kappa shape index (κ1) is 23.8. The highest BCUT2D eigenvalue weighted by Crippen LogP contribution is 2.39. The van der Waals surface area contributed by atoms with E-state index in [-0.39, 0.29) is 18.0 Å². The van der Waals surface area contributed by atoms with Crippen molar-refractivity contribution in [2.75, 3.05) is 6.54 Å². The number of likely N-dealkylation sites (tertiary alicyclic amines) is 1. The number of pyridine rings is 1. The molecule has 9 nitrogen and oxygen atoms in total. The highest BCUT2D eigenvalue weighted by molar-refractivity contribution is 5.99. The number of hydrogen-bond donors (Lipinski definition) is 1. The summed E-state index contributed by atoms with van der Waals surface area (Å²) in [4.78, 5) is 25.1. The van der Waals surface area contributed by atoms with E-state index < -0.39 is 5.82 Å². The SMILES string of the molecule is Cn1cc(Cn2c(-c3cc4cccnc4n3CC3CC3)nc3cc(C(=O)N4CC5CCC4C5N)cc(F)c32)cn1. The monoisotopic (exact) mass is 538 g/mol. The molecule has 5 aromatic rings. The molecule has 1 aromatic carbocycles. The molecule has 2 aliphatic carbocycles. The van der Waals surface area contributed by atoms with Crippen molar-refractivity contribution in [3.8, 4) is 11.5 Å². The predicted octanol–water partition coefficient (Wildman–Crippen LogP) is 3.95. The van der Waals surface area contributed by atoms with E-state index in [2.05, 4.69) is 26.8 Å². The van der Waals surface area contributed by atoms with Gasteiger partial charge in [0.1, 0.15) is 17.0 Å². The maximum Gasteiger partial charge on any atom is 0.254 e. The lowest BCUT2D eigenvalue weighted by atomic mass is 10.1. The number of carbonyl (C=O) groups is 1. The van der Waals surface area contributed by atoms with Gasteiger partial charge in [0.2, 0.25) is 0 Å². The van der Waals surface area contributed by atoms with E-state index in [0.717, 1.165) is 41.7 Å². The van der Waals surface area contributed by atoms with Crippen molar-refractivity contribution in [3.05, 3.63) is 65.9 Å². The van der Waals surface area contributed by atoms with Gasteiger partial charge in [-0.2, -0.15) is 5.10 Å². The lowest BCUT2D eigenvalue weighted by Gasteiger charge is -2.27. The fourth-order valence-corrected chi connectivity index (χ4v) is 6.89. The number of carbonyl (C=O) groups excluding carboxylic acids is 1. The van der Waals surface area contributed by atoms with Crippen LogP contribution in [0.15, 0.2) is 48.9 Å². The molecule has 204 valence electrons. The van der Waals surface area contributed by atoms with Gasteiger partial charge in [0.05, 0.1) is 24.0 Å². The number of rotatable bonds is 6. The van der Waals surface area contributed by atoms with Gasteiger partial charge in [0, 0.05) is 61.1 Å². The molecular formula is C30H31FN8O. The summed E-state index contributed by atoms with van der Waals surface area (Å²) in [7, 11) is 1.87. The molecule has 5 heterocycles. The largest absolute Gasteiger partial charge is 0.334 e. The maximum atomic E-state index is 16.1. The summed E-state index contributed by atoms with van der Waals surface area (Å²) in [5.41, 5.74) is 10.3. The zero-order chi connectivity index (χ0) is 27.1. The van der Waals surface area contributed by atoms with Crippen molar-refractivity contribution >= 4 is 28.0 Å². The topological polar surface area (TPSA) is 99.8 Å². The summed E-state index contributed by atoms with van der Waals surface area (Å²) in [5.74, 6) is 0.965. The zero-order valence-corrected chi connectivity index (χ0v) is 22.4. The number of nitrogens with zero attached hydrogens (tertiary/aromatic N) is 7. The first-order chi connectivity index (χ1) is 19.4. The number of amides is 1. The van der Waals surface area contributed by atoms with Crippen molar-refractivity contribution in [1.82, 2.24) is 33.8 Å². The minimum absolute atomic E-state index is 0.00446. The summed E-state index contributed by atoms with van der Waals surface area (Å²) in [6, 6.07) is 9.22. The van der Waals surface area contributed by atoms with Crippen molar-refractivity contribution in [3.63, 3.8) is 0 Å². The number of nitrogens with two attached hydrogens (primary N) is 1. The minimum Gasteiger partial charge on any atom is -0.334 e. The van der Waals surface area contributed by atoms with Gasteiger partial charge < -0.3 is 19.8 Å². The minimum atomic E-state index is -0.458. The standard InChI is InChI=1S/C30H31FN8O/c1-36-13-18(12-34-36)15-39-27-22(31)9-21(30(40)38-16-20-6-7-24(38)26(20)32)10-23(27)35-29(39)25-11-19-3-2-8-33-28(19)37(25)14-17-4-5-17/h2-3,8-13,17,20,24,26H,4-7,14-16,32H2,1H3. The molecule has 3 aliphatic rings. The summed E-state index contributed by atoms with van der Waals surface area (Å²) in [6.45, 7) is 1.88. The van der Waals surface area contributed by atoms with E-state index in [1.54, 1.807) is 16.9 Å². The molecule has 1 amide bonds. The van der Waals surface area contributed by atoms with Crippen LogP contribution in [0.4, 0.5) is 4.39 Å². The van der Waals surface area contributed by atoms with Gasteiger partial charge in [0.25, 0.3) is 5.91 Å². The third-order valence-corrected chi connectivity index (χ3v) is 9.08. The first-order valence-electron chi connectivity index (χ1n) is 14.1. The quantitative estimate of drug-likeness (QED) is 0.353. The van der Waals surface area contributed by atoms with Crippen LogP contribution >= 0.6 is 0 Å². The number of imidazole rings is 1. The summed E-state index contributed by atoms with van der Waals surface area (Å²) < 4.78 is 22.0. The molecule has 3 unspecified atom stereocenters. The van der Waals surface area contributed by atoms with E-state index in [4.69, 9.17) is 10.7 Å². The third kappa shape index (κ3) is 3.69. The van der Waals surface area contributed by atoms with Crippen LogP contribution in [0.2, 0.25) is 0 Å². The summed E-state index contributed by atoms with van der Waals surface area (Å²) in [6.07, 6.45) is 9.88. The average molecular weight is 539 g/mol. The molecule has 40 heavy (non-hydrogen) atoms. The molecule has 8 rings (SSSR count). The van der Waals surface area contributed by atoms with Gasteiger partial charge in [-0.05, 0) is 67.9 Å².